The number of pyridine rings is 1. The monoisotopic (exact) mass is 494 g/mol. The van der Waals surface area contributed by atoms with Crippen LogP contribution in [0.15, 0.2) is 53.7 Å². The zero-order chi connectivity index (χ0) is 19.0. The highest BCUT2D eigenvalue weighted by atomic mass is 127. The topological polar surface area (TPSA) is 58.5 Å². The van der Waals surface area contributed by atoms with Crippen molar-refractivity contribution in [1.29, 1.82) is 0 Å². The second kappa shape index (κ2) is 11.2. The fourth-order valence-corrected chi connectivity index (χ4v) is 3.92. The van der Waals surface area contributed by atoms with E-state index in [9.17, 15) is 0 Å². The number of guanidine groups is 1. The molecule has 0 bridgehead atoms. The SMILES string of the molecule is CCNC(=NCc1ccccn1)NCC1(c2ccccc2OC)CCCC1.I. The number of ether oxygens (including phenoxy) is 1. The largest absolute Gasteiger partial charge is 0.496 e. The first kappa shape index (κ1) is 22.5. The first-order valence-corrected chi connectivity index (χ1v) is 9.83. The van der Waals surface area contributed by atoms with Gasteiger partial charge in [-0.2, -0.15) is 0 Å². The van der Waals surface area contributed by atoms with Crippen molar-refractivity contribution in [1.82, 2.24) is 15.6 Å². The Morgan fingerprint density at radius 1 is 1.11 bits per heavy atom. The first-order chi connectivity index (χ1) is 13.3. The predicted molar refractivity (Wildman–Crippen MR) is 126 cm³/mol. The molecule has 2 N–H and O–H groups in total. The van der Waals surface area contributed by atoms with E-state index in [1.807, 2.05) is 24.3 Å². The van der Waals surface area contributed by atoms with Crippen molar-refractivity contribution in [3.63, 3.8) is 0 Å². The zero-order valence-corrected chi connectivity index (χ0v) is 19.1. The summed E-state index contributed by atoms with van der Waals surface area (Å²) in [4.78, 5) is 9.07. The fraction of sp³-hybridized carbons (Fsp3) is 0.455. The summed E-state index contributed by atoms with van der Waals surface area (Å²) < 4.78 is 5.66. The van der Waals surface area contributed by atoms with E-state index in [1.54, 1.807) is 13.3 Å². The van der Waals surface area contributed by atoms with Crippen molar-refractivity contribution in [2.24, 2.45) is 4.99 Å². The molecule has 1 aromatic carbocycles. The lowest BCUT2D eigenvalue weighted by Crippen LogP contribution is -2.44. The summed E-state index contributed by atoms with van der Waals surface area (Å²) in [6.07, 6.45) is 6.64. The van der Waals surface area contributed by atoms with Gasteiger partial charge in [0.25, 0.3) is 0 Å². The van der Waals surface area contributed by atoms with Gasteiger partial charge >= 0.3 is 0 Å². The number of halogens is 1. The number of benzene rings is 1. The number of aliphatic imine (C=N–C) groups is 1. The average Bonchev–Trinajstić information content (AvgIpc) is 3.21. The molecule has 1 aromatic heterocycles. The Morgan fingerprint density at radius 3 is 2.54 bits per heavy atom. The van der Waals surface area contributed by atoms with Crippen LogP contribution < -0.4 is 15.4 Å². The van der Waals surface area contributed by atoms with Crippen molar-refractivity contribution in [3.8, 4) is 5.75 Å². The Labute approximate surface area is 185 Å². The van der Waals surface area contributed by atoms with Gasteiger partial charge in [0.1, 0.15) is 5.75 Å². The Balaban J connectivity index is 0.00000280. The molecule has 0 saturated heterocycles. The summed E-state index contributed by atoms with van der Waals surface area (Å²) in [5.74, 6) is 1.82. The molecule has 1 fully saturated rings. The molecule has 0 amide bonds. The molecule has 0 unspecified atom stereocenters. The molecule has 1 aliphatic carbocycles. The molecule has 0 atom stereocenters. The molecule has 28 heavy (non-hydrogen) atoms. The van der Waals surface area contributed by atoms with Crippen molar-refractivity contribution in [2.75, 3.05) is 20.2 Å². The van der Waals surface area contributed by atoms with Crippen molar-refractivity contribution >= 4 is 29.9 Å². The van der Waals surface area contributed by atoms with Crippen LogP contribution in [-0.4, -0.2) is 31.1 Å². The lowest BCUT2D eigenvalue weighted by atomic mass is 9.78. The van der Waals surface area contributed by atoms with Gasteiger partial charge in [-0.15, -0.1) is 24.0 Å². The number of rotatable bonds is 7. The van der Waals surface area contributed by atoms with Gasteiger partial charge in [0, 0.05) is 30.3 Å². The molecule has 1 aliphatic rings. The third-order valence-electron chi connectivity index (χ3n) is 5.30. The van der Waals surface area contributed by atoms with Crippen LogP contribution in [-0.2, 0) is 12.0 Å². The minimum absolute atomic E-state index is 0. The summed E-state index contributed by atoms with van der Waals surface area (Å²) in [5, 5.41) is 6.93. The molecule has 152 valence electrons. The lowest BCUT2D eigenvalue weighted by molar-refractivity contribution is 0.371. The summed E-state index contributed by atoms with van der Waals surface area (Å²) in [5.41, 5.74) is 2.36. The smallest absolute Gasteiger partial charge is 0.191 e. The minimum atomic E-state index is 0. The van der Waals surface area contributed by atoms with Gasteiger partial charge < -0.3 is 15.4 Å². The number of para-hydroxylation sites is 1. The molecule has 5 nitrogen and oxygen atoms in total. The maximum Gasteiger partial charge on any atom is 0.191 e. The summed E-state index contributed by atoms with van der Waals surface area (Å²) in [6.45, 7) is 4.33. The van der Waals surface area contributed by atoms with Crippen LogP contribution in [0, 0.1) is 0 Å². The average molecular weight is 494 g/mol. The Bertz CT molecular complexity index is 745. The second-order valence-electron chi connectivity index (χ2n) is 7.06. The van der Waals surface area contributed by atoms with Gasteiger partial charge in [0.2, 0.25) is 0 Å². The highest BCUT2D eigenvalue weighted by Crippen LogP contribution is 2.44. The van der Waals surface area contributed by atoms with Gasteiger partial charge in [-0.25, -0.2) is 4.99 Å². The quantitative estimate of drug-likeness (QED) is 0.343. The van der Waals surface area contributed by atoms with Gasteiger partial charge in [0.05, 0.1) is 19.3 Å². The number of hydrogen-bond acceptors (Lipinski definition) is 3. The Morgan fingerprint density at radius 2 is 1.86 bits per heavy atom. The van der Waals surface area contributed by atoms with Crippen LogP contribution in [0.1, 0.15) is 43.9 Å². The van der Waals surface area contributed by atoms with E-state index in [4.69, 9.17) is 9.73 Å². The maximum absolute atomic E-state index is 5.66. The van der Waals surface area contributed by atoms with E-state index < -0.39 is 0 Å². The standard InChI is InChI=1S/C22H30N4O.HI/c1-3-23-21(25-16-18-10-6-9-15-24-18)26-17-22(13-7-8-14-22)19-11-4-5-12-20(19)27-2;/h4-6,9-12,15H,3,7-8,13-14,16-17H2,1-2H3,(H2,23,25,26);1H. The summed E-state index contributed by atoms with van der Waals surface area (Å²) in [6, 6.07) is 14.3. The minimum Gasteiger partial charge on any atom is -0.496 e. The molecular weight excluding hydrogens is 463 g/mol. The fourth-order valence-electron chi connectivity index (χ4n) is 3.92. The van der Waals surface area contributed by atoms with Crippen LogP contribution in [0.5, 0.6) is 5.75 Å². The third-order valence-corrected chi connectivity index (χ3v) is 5.30. The highest BCUT2D eigenvalue weighted by Gasteiger charge is 2.37. The molecule has 2 aromatic rings. The maximum atomic E-state index is 5.66. The zero-order valence-electron chi connectivity index (χ0n) is 16.8. The van der Waals surface area contributed by atoms with Crippen LogP contribution in [0.25, 0.3) is 0 Å². The molecule has 0 aliphatic heterocycles. The number of methoxy groups -OCH3 is 1. The Kier molecular flexibility index (Phi) is 9.02. The molecule has 1 heterocycles. The van der Waals surface area contributed by atoms with E-state index in [0.717, 1.165) is 30.5 Å². The number of hydrogen-bond donors (Lipinski definition) is 2. The molecule has 0 spiro atoms. The van der Waals surface area contributed by atoms with Crippen LogP contribution in [0.3, 0.4) is 0 Å². The molecule has 1 saturated carbocycles. The van der Waals surface area contributed by atoms with E-state index in [1.165, 1.54) is 31.2 Å². The van der Waals surface area contributed by atoms with Crippen LogP contribution in [0.2, 0.25) is 0 Å². The number of aromatic nitrogens is 1. The van der Waals surface area contributed by atoms with Gasteiger partial charge in [-0.05, 0) is 38.0 Å². The Hall–Kier alpha value is -1.83. The van der Waals surface area contributed by atoms with Crippen molar-refractivity contribution < 1.29 is 4.74 Å². The van der Waals surface area contributed by atoms with Crippen LogP contribution >= 0.6 is 24.0 Å². The van der Waals surface area contributed by atoms with E-state index in [2.05, 4.69) is 40.7 Å². The van der Waals surface area contributed by atoms with E-state index >= 15 is 0 Å². The highest BCUT2D eigenvalue weighted by molar-refractivity contribution is 14.0. The summed E-state index contributed by atoms with van der Waals surface area (Å²) in [7, 11) is 1.76. The van der Waals surface area contributed by atoms with Gasteiger partial charge in [-0.3, -0.25) is 4.98 Å². The van der Waals surface area contributed by atoms with Crippen LogP contribution in [0.4, 0.5) is 0 Å². The number of nitrogens with one attached hydrogen (secondary N) is 2. The third kappa shape index (κ3) is 5.59. The summed E-state index contributed by atoms with van der Waals surface area (Å²) >= 11 is 0. The van der Waals surface area contributed by atoms with E-state index in [0.29, 0.717) is 6.54 Å². The number of nitrogens with zero attached hydrogens (tertiary/aromatic N) is 2. The van der Waals surface area contributed by atoms with E-state index in [-0.39, 0.29) is 29.4 Å². The lowest BCUT2D eigenvalue weighted by Gasteiger charge is -2.32. The predicted octanol–water partition coefficient (Wildman–Crippen LogP) is 4.28. The van der Waals surface area contributed by atoms with Crippen molar-refractivity contribution in [3.05, 3.63) is 59.9 Å². The van der Waals surface area contributed by atoms with Gasteiger partial charge in [0.15, 0.2) is 5.96 Å². The van der Waals surface area contributed by atoms with Gasteiger partial charge in [-0.1, -0.05) is 37.1 Å². The first-order valence-electron chi connectivity index (χ1n) is 9.83. The normalized spacial score (nSPS) is 15.6. The molecule has 6 heteroatoms. The second-order valence-corrected chi connectivity index (χ2v) is 7.06. The van der Waals surface area contributed by atoms with Crippen molar-refractivity contribution in [2.45, 2.75) is 44.6 Å². The molecular formula is C22H31IN4O. The molecule has 0 radical (unpaired) electrons. The molecule has 3 rings (SSSR count).